The van der Waals surface area contributed by atoms with Crippen molar-refractivity contribution < 1.29 is 14.3 Å². The van der Waals surface area contributed by atoms with E-state index in [2.05, 4.69) is 17.8 Å². The highest BCUT2D eigenvalue weighted by Gasteiger charge is 2.26. The van der Waals surface area contributed by atoms with Crippen LogP contribution in [0.4, 0.5) is 0 Å². The molecule has 2 amide bonds. The van der Waals surface area contributed by atoms with Gasteiger partial charge in [-0.1, -0.05) is 26.2 Å². The van der Waals surface area contributed by atoms with Crippen molar-refractivity contribution in [3.63, 3.8) is 0 Å². The Balaban J connectivity index is 1.64. The fraction of sp³-hybridized carbons (Fsp3) is 0.550. The monoisotopic (exact) mass is 357 g/mol. The molecule has 0 bridgehead atoms. The van der Waals surface area contributed by atoms with E-state index in [1.165, 1.54) is 19.3 Å². The smallest absolute Gasteiger partial charge is 0.276 e. The lowest BCUT2D eigenvalue weighted by Crippen LogP contribution is -2.46. The lowest BCUT2D eigenvalue weighted by molar-refractivity contribution is -0.132. The Hall–Kier alpha value is -2.55. The maximum absolute atomic E-state index is 12.2. The van der Waals surface area contributed by atoms with E-state index in [9.17, 15) is 9.59 Å². The van der Waals surface area contributed by atoms with Crippen LogP contribution < -0.4 is 15.6 Å². The van der Waals surface area contributed by atoms with Crippen LogP contribution in [0.2, 0.25) is 0 Å². The third-order valence-electron chi connectivity index (χ3n) is 4.86. The molecule has 140 valence electrons. The first-order valence-corrected chi connectivity index (χ1v) is 9.34. The maximum atomic E-state index is 12.2. The third kappa shape index (κ3) is 6.40. The minimum Gasteiger partial charge on any atom is -0.484 e. The van der Waals surface area contributed by atoms with Gasteiger partial charge in [0.15, 0.2) is 6.61 Å². The van der Waals surface area contributed by atoms with Crippen molar-refractivity contribution in [2.45, 2.75) is 51.9 Å². The molecule has 6 heteroatoms. The molecular formula is C20H27N3O3. The molecule has 1 aliphatic carbocycles. The minimum absolute atomic E-state index is 0.0207. The standard InChI is InChI=1S/C20H27N3O3/c1-2-3-4-15-5-9-17(10-6-15)20(25)23-22-19(24)14-26-18-11-7-16(13-21)8-12-18/h7-8,11-12,15,17H,2-6,9-10,14H2,1H3,(H,22,24)(H,23,25). The van der Waals surface area contributed by atoms with Crippen LogP contribution >= 0.6 is 0 Å². The lowest BCUT2D eigenvalue weighted by atomic mass is 9.79. The highest BCUT2D eigenvalue weighted by atomic mass is 16.5. The van der Waals surface area contributed by atoms with Crippen molar-refractivity contribution >= 4 is 11.8 Å². The number of hydrogen-bond donors (Lipinski definition) is 2. The number of nitrogens with one attached hydrogen (secondary N) is 2. The predicted molar refractivity (Wildman–Crippen MR) is 97.9 cm³/mol. The Kier molecular flexibility index (Phi) is 7.94. The largest absolute Gasteiger partial charge is 0.484 e. The van der Waals surface area contributed by atoms with Gasteiger partial charge in [0.05, 0.1) is 11.6 Å². The molecule has 0 aromatic heterocycles. The molecule has 0 atom stereocenters. The van der Waals surface area contributed by atoms with Crippen LogP contribution in [-0.2, 0) is 9.59 Å². The van der Waals surface area contributed by atoms with Gasteiger partial charge in [-0.3, -0.25) is 20.4 Å². The zero-order valence-corrected chi connectivity index (χ0v) is 15.3. The van der Waals surface area contributed by atoms with Crippen molar-refractivity contribution in [2.24, 2.45) is 11.8 Å². The number of amides is 2. The number of rotatable bonds is 7. The average Bonchev–Trinajstić information content (AvgIpc) is 2.69. The Morgan fingerprint density at radius 2 is 1.85 bits per heavy atom. The van der Waals surface area contributed by atoms with E-state index in [1.54, 1.807) is 24.3 Å². The van der Waals surface area contributed by atoms with E-state index in [4.69, 9.17) is 10.00 Å². The van der Waals surface area contributed by atoms with Crippen LogP contribution in [0.3, 0.4) is 0 Å². The van der Waals surface area contributed by atoms with E-state index in [0.29, 0.717) is 11.3 Å². The van der Waals surface area contributed by atoms with Crippen LogP contribution in [-0.4, -0.2) is 18.4 Å². The number of hydrazine groups is 1. The second kappa shape index (κ2) is 10.4. The maximum Gasteiger partial charge on any atom is 0.276 e. The SMILES string of the molecule is CCCCC1CCC(C(=O)NNC(=O)COc2ccc(C#N)cc2)CC1. The minimum atomic E-state index is -0.417. The van der Waals surface area contributed by atoms with E-state index >= 15 is 0 Å². The molecule has 2 rings (SSSR count). The van der Waals surface area contributed by atoms with Crippen LogP contribution in [0.1, 0.15) is 57.4 Å². The summed E-state index contributed by atoms with van der Waals surface area (Å²) in [6.07, 6.45) is 7.69. The van der Waals surface area contributed by atoms with Crippen molar-refractivity contribution in [1.29, 1.82) is 5.26 Å². The molecule has 0 unspecified atom stereocenters. The molecule has 1 aliphatic rings. The number of carbonyl (C=O) groups is 2. The third-order valence-corrected chi connectivity index (χ3v) is 4.86. The highest BCUT2D eigenvalue weighted by molar-refractivity contribution is 5.84. The first-order valence-electron chi connectivity index (χ1n) is 9.34. The summed E-state index contributed by atoms with van der Waals surface area (Å²) in [7, 11) is 0. The molecule has 26 heavy (non-hydrogen) atoms. The first kappa shape index (κ1) is 19.8. The van der Waals surface area contributed by atoms with Crippen molar-refractivity contribution in [3.8, 4) is 11.8 Å². The lowest BCUT2D eigenvalue weighted by Gasteiger charge is -2.27. The van der Waals surface area contributed by atoms with Gasteiger partial charge in [-0.15, -0.1) is 0 Å². The van der Waals surface area contributed by atoms with Gasteiger partial charge in [0.25, 0.3) is 5.91 Å². The van der Waals surface area contributed by atoms with Crippen LogP contribution in [0.15, 0.2) is 24.3 Å². The quantitative estimate of drug-likeness (QED) is 0.734. The average molecular weight is 357 g/mol. The zero-order chi connectivity index (χ0) is 18.8. The summed E-state index contributed by atoms with van der Waals surface area (Å²) in [6.45, 7) is 2.00. The normalized spacial score (nSPS) is 19.2. The number of nitriles is 1. The number of ether oxygens (including phenoxy) is 1. The highest BCUT2D eigenvalue weighted by Crippen LogP contribution is 2.31. The van der Waals surface area contributed by atoms with Gasteiger partial charge >= 0.3 is 0 Å². The Bertz CT molecular complexity index is 629. The molecule has 1 fully saturated rings. The van der Waals surface area contributed by atoms with Gasteiger partial charge in [-0.25, -0.2) is 0 Å². The Morgan fingerprint density at radius 3 is 2.46 bits per heavy atom. The second-order valence-electron chi connectivity index (χ2n) is 6.82. The fourth-order valence-electron chi connectivity index (χ4n) is 3.25. The summed E-state index contributed by atoms with van der Waals surface area (Å²) in [5, 5.41) is 8.73. The molecule has 0 radical (unpaired) electrons. The number of unbranched alkanes of at least 4 members (excludes halogenated alkanes) is 1. The van der Waals surface area contributed by atoms with Crippen LogP contribution in [0.5, 0.6) is 5.75 Å². The van der Waals surface area contributed by atoms with Gasteiger partial charge in [0.1, 0.15) is 5.75 Å². The zero-order valence-electron chi connectivity index (χ0n) is 15.3. The molecule has 0 aliphatic heterocycles. The fourth-order valence-corrected chi connectivity index (χ4v) is 3.25. The number of carbonyl (C=O) groups excluding carboxylic acids is 2. The van der Waals surface area contributed by atoms with Crippen LogP contribution in [0, 0.1) is 23.2 Å². The van der Waals surface area contributed by atoms with Crippen molar-refractivity contribution in [3.05, 3.63) is 29.8 Å². The summed E-state index contributed by atoms with van der Waals surface area (Å²) in [5.74, 6) is 0.683. The van der Waals surface area contributed by atoms with Crippen molar-refractivity contribution in [2.75, 3.05) is 6.61 Å². The Labute approximate surface area is 154 Å². The predicted octanol–water partition coefficient (Wildman–Crippen LogP) is 3.08. The summed E-state index contributed by atoms with van der Waals surface area (Å²) >= 11 is 0. The van der Waals surface area contributed by atoms with Gasteiger partial charge in [-0.2, -0.15) is 5.26 Å². The molecule has 1 aromatic rings. The van der Waals surface area contributed by atoms with E-state index < -0.39 is 5.91 Å². The van der Waals surface area contributed by atoms with E-state index in [-0.39, 0.29) is 18.4 Å². The topological polar surface area (TPSA) is 91.2 Å². The van der Waals surface area contributed by atoms with Crippen molar-refractivity contribution in [1.82, 2.24) is 10.9 Å². The molecule has 2 N–H and O–H groups in total. The van der Waals surface area contributed by atoms with E-state index in [1.807, 2.05) is 6.07 Å². The van der Waals surface area contributed by atoms with E-state index in [0.717, 1.165) is 31.6 Å². The number of hydrogen-bond acceptors (Lipinski definition) is 4. The molecule has 0 heterocycles. The molecule has 1 saturated carbocycles. The molecule has 0 spiro atoms. The molecular weight excluding hydrogens is 330 g/mol. The van der Waals surface area contributed by atoms with Gasteiger partial charge < -0.3 is 4.74 Å². The van der Waals surface area contributed by atoms with Crippen LogP contribution in [0.25, 0.3) is 0 Å². The molecule has 0 saturated heterocycles. The van der Waals surface area contributed by atoms with Gasteiger partial charge in [-0.05, 0) is 55.9 Å². The number of nitrogens with zero attached hydrogens (tertiary/aromatic N) is 1. The number of benzene rings is 1. The molecule has 6 nitrogen and oxygen atoms in total. The van der Waals surface area contributed by atoms with Gasteiger partial charge in [0.2, 0.25) is 5.91 Å². The summed E-state index contributed by atoms with van der Waals surface area (Å²) in [4.78, 5) is 24.0. The van der Waals surface area contributed by atoms with Gasteiger partial charge in [0, 0.05) is 5.92 Å². The summed E-state index contributed by atoms with van der Waals surface area (Å²) < 4.78 is 5.32. The summed E-state index contributed by atoms with van der Waals surface area (Å²) in [6, 6.07) is 8.50. The Morgan fingerprint density at radius 1 is 1.15 bits per heavy atom. The summed E-state index contributed by atoms with van der Waals surface area (Å²) in [5.41, 5.74) is 5.43. The molecule has 1 aromatic carbocycles. The first-order chi connectivity index (χ1) is 12.6. The second-order valence-corrected chi connectivity index (χ2v) is 6.82.